The highest BCUT2D eigenvalue weighted by Gasteiger charge is 2.20. The fourth-order valence-corrected chi connectivity index (χ4v) is 5.11. The summed E-state index contributed by atoms with van der Waals surface area (Å²) in [6.45, 7) is 3.38. The van der Waals surface area contributed by atoms with Crippen molar-refractivity contribution < 1.29 is 19.4 Å². The van der Waals surface area contributed by atoms with Crippen LogP contribution in [0.25, 0.3) is 22.0 Å². The number of aromatic carboxylic acids is 1. The third-order valence-electron chi connectivity index (χ3n) is 5.12. The van der Waals surface area contributed by atoms with Crippen molar-refractivity contribution in [3.63, 3.8) is 0 Å². The van der Waals surface area contributed by atoms with E-state index in [1.165, 1.54) is 0 Å². The summed E-state index contributed by atoms with van der Waals surface area (Å²) in [6.07, 6.45) is 0.845. The molecular weight excluding hydrogens is 632 g/mol. The zero-order valence-corrected chi connectivity index (χ0v) is 23.0. The Labute approximate surface area is 222 Å². The minimum Gasteiger partial charge on any atom is -0.490 e. The summed E-state index contributed by atoms with van der Waals surface area (Å²) in [5, 5.41) is 16.2. The van der Waals surface area contributed by atoms with Crippen molar-refractivity contribution in [1.29, 1.82) is 0 Å². The molecule has 0 fully saturated rings. The summed E-state index contributed by atoms with van der Waals surface area (Å²) >= 11 is 10.8. The maximum atomic E-state index is 11.4. The van der Waals surface area contributed by atoms with E-state index in [9.17, 15) is 9.90 Å². The van der Waals surface area contributed by atoms with Gasteiger partial charge in [0.2, 0.25) is 5.88 Å². The van der Waals surface area contributed by atoms with Crippen molar-refractivity contribution >= 4 is 64.5 Å². The molecule has 0 atom stereocenters. The Morgan fingerprint density at radius 1 is 1.00 bits per heavy atom. The molecule has 4 aromatic rings. The van der Waals surface area contributed by atoms with Crippen LogP contribution in [0.4, 0.5) is 0 Å². The molecule has 6 nitrogen and oxygen atoms in total. The zero-order chi connectivity index (χ0) is 24.2. The van der Waals surface area contributed by atoms with Crippen LogP contribution in [-0.4, -0.2) is 34.1 Å². The summed E-state index contributed by atoms with van der Waals surface area (Å²) in [7, 11) is 0. The molecule has 0 aliphatic rings. The Kier molecular flexibility index (Phi) is 7.95. The average Bonchev–Trinajstić information content (AvgIpc) is 3.14. The Hall–Kier alpha value is -2.36. The number of carboxylic acids is 1. The molecule has 0 aliphatic carbocycles. The van der Waals surface area contributed by atoms with Crippen LogP contribution in [0.5, 0.6) is 11.6 Å². The number of fused-ring (bicyclic) bond motifs is 1. The van der Waals surface area contributed by atoms with E-state index in [2.05, 4.69) is 53.9 Å². The van der Waals surface area contributed by atoms with Gasteiger partial charge in [0.1, 0.15) is 22.5 Å². The number of aromatic nitrogens is 2. The van der Waals surface area contributed by atoms with Crippen molar-refractivity contribution in [2.45, 2.75) is 19.9 Å². The first-order chi connectivity index (χ1) is 16.4. The quantitative estimate of drug-likeness (QED) is 0.202. The fraction of sp³-hybridized carbons (Fsp3) is 0.200. The molecule has 0 amide bonds. The van der Waals surface area contributed by atoms with Gasteiger partial charge < -0.3 is 14.6 Å². The lowest BCUT2D eigenvalue weighted by Crippen LogP contribution is -2.12. The van der Waals surface area contributed by atoms with Crippen LogP contribution in [0, 0.1) is 0 Å². The number of rotatable bonds is 9. The smallest absolute Gasteiger partial charge is 0.335 e. The van der Waals surface area contributed by atoms with Crippen molar-refractivity contribution in [2.75, 3.05) is 13.2 Å². The highest BCUT2D eigenvalue weighted by molar-refractivity contribution is 9.11. The van der Waals surface area contributed by atoms with Crippen molar-refractivity contribution in [3.05, 3.63) is 73.6 Å². The molecule has 4 rings (SSSR count). The van der Waals surface area contributed by atoms with Gasteiger partial charge in [0, 0.05) is 10.0 Å². The highest BCUT2D eigenvalue weighted by Crippen LogP contribution is 2.37. The largest absolute Gasteiger partial charge is 0.490 e. The predicted octanol–water partition coefficient (Wildman–Crippen LogP) is 7.56. The van der Waals surface area contributed by atoms with E-state index in [0.717, 1.165) is 31.9 Å². The summed E-state index contributed by atoms with van der Waals surface area (Å²) in [4.78, 5) is 11.4. The van der Waals surface area contributed by atoms with Crippen LogP contribution in [-0.2, 0) is 6.54 Å². The molecule has 0 saturated heterocycles. The summed E-state index contributed by atoms with van der Waals surface area (Å²) in [5.74, 6) is 0.344. The van der Waals surface area contributed by atoms with E-state index in [0.29, 0.717) is 41.4 Å². The molecule has 1 N–H and O–H groups in total. The Balaban J connectivity index is 1.58. The average molecular weight is 653 g/mol. The SMILES string of the molecule is CCCOc1c(Br)c(-c2cccc(C(=O)O)c2)nn1CCOc1ccc2cc(Br)ccc2c1Br. The number of benzene rings is 3. The summed E-state index contributed by atoms with van der Waals surface area (Å²) in [5.41, 5.74) is 1.51. The Bertz CT molecular complexity index is 1350. The lowest BCUT2D eigenvalue weighted by Gasteiger charge is -2.12. The minimum absolute atomic E-state index is 0.200. The molecule has 9 heteroatoms. The molecular formula is C25H21Br3N2O4. The van der Waals surface area contributed by atoms with Crippen LogP contribution in [0.1, 0.15) is 23.7 Å². The van der Waals surface area contributed by atoms with Crippen LogP contribution < -0.4 is 9.47 Å². The maximum absolute atomic E-state index is 11.4. The number of ether oxygens (including phenoxy) is 2. The van der Waals surface area contributed by atoms with Gasteiger partial charge in [-0.1, -0.05) is 47.1 Å². The first kappa shape index (κ1) is 24.8. The Morgan fingerprint density at radius 3 is 2.59 bits per heavy atom. The van der Waals surface area contributed by atoms with Gasteiger partial charge in [-0.2, -0.15) is 5.10 Å². The first-order valence-electron chi connectivity index (χ1n) is 10.6. The van der Waals surface area contributed by atoms with Gasteiger partial charge in [0.25, 0.3) is 0 Å². The van der Waals surface area contributed by atoms with Gasteiger partial charge in [0.05, 0.1) is 23.2 Å². The van der Waals surface area contributed by atoms with E-state index in [-0.39, 0.29) is 5.56 Å². The van der Waals surface area contributed by atoms with E-state index in [1.807, 2.05) is 37.3 Å². The van der Waals surface area contributed by atoms with Gasteiger partial charge in [-0.05, 0) is 79.4 Å². The topological polar surface area (TPSA) is 73.6 Å². The molecule has 1 heterocycles. The van der Waals surface area contributed by atoms with E-state index in [4.69, 9.17) is 14.6 Å². The van der Waals surface area contributed by atoms with Gasteiger partial charge in [-0.25, -0.2) is 9.48 Å². The highest BCUT2D eigenvalue weighted by atomic mass is 79.9. The molecule has 176 valence electrons. The van der Waals surface area contributed by atoms with E-state index >= 15 is 0 Å². The molecule has 0 saturated carbocycles. The van der Waals surface area contributed by atoms with Crippen molar-refractivity contribution in [3.8, 4) is 22.9 Å². The number of halogens is 3. The molecule has 0 unspecified atom stereocenters. The lowest BCUT2D eigenvalue weighted by molar-refractivity contribution is 0.0697. The van der Waals surface area contributed by atoms with Crippen LogP contribution in [0.15, 0.2) is 68.0 Å². The van der Waals surface area contributed by atoms with Gasteiger partial charge in [-0.15, -0.1) is 0 Å². The number of hydrogen-bond acceptors (Lipinski definition) is 4. The molecule has 0 aliphatic heterocycles. The van der Waals surface area contributed by atoms with Crippen LogP contribution in [0.2, 0.25) is 0 Å². The zero-order valence-electron chi connectivity index (χ0n) is 18.2. The number of carbonyl (C=O) groups is 1. The maximum Gasteiger partial charge on any atom is 0.335 e. The van der Waals surface area contributed by atoms with Crippen molar-refractivity contribution in [2.24, 2.45) is 0 Å². The van der Waals surface area contributed by atoms with Gasteiger partial charge in [0.15, 0.2) is 0 Å². The number of carboxylic acid groups (broad SMARTS) is 1. The Morgan fingerprint density at radius 2 is 1.82 bits per heavy atom. The molecule has 0 bridgehead atoms. The second kappa shape index (κ2) is 10.9. The first-order valence-corrected chi connectivity index (χ1v) is 13.0. The summed E-state index contributed by atoms with van der Waals surface area (Å²) < 4.78 is 16.4. The monoisotopic (exact) mass is 650 g/mol. The van der Waals surface area contributed by atoms with E-state index < -0.39 is 5.97 Å². The van der Waals surface area contributed by atoms with Crippen LogP contribution in [0.3, 0.4) is 0 Å². The van der Waals surface area contributed by atoms with Gasteiger partial charge >= 0.3 is 5.97 Å². The summed E-state index contributed by atoms with van der Waals surface area (Å²) in [6, 6.07) is 16.7. The second-order valence-electron chi connectivity index (χ2n) is 7.52. The minimum atomic E-state index is -0.985. The van der Waals surface area contributed by atoms with E-state index in [1.54, 1.807) is 22.9 Å². The normalized spacial score (nSPS) is 11.1. The molecule has 34 heavy (non-hydrogen) atoms. The van der Waals surface area contributed by atoms with Crippen LogP contribution >= 0.6 is 47.8 Å². The third-order valence-corrected chi connectivity index (χ3v) is 7.14. The standard InChI is InChI=1S/C25H21Br3N2O4/c1-2-11-34-24-22(28)23(16-4-3-5-17(13-16)25(31)32)29-30(24)10-12-33-20-9-6-15-14-18(26)7-8-19(15)21(20)27/h3-9,13-14H,2,10-12H2,1H3,(H,31,32). The lowest BCUT2D eigenvalue weighted by atomic mass is 10.1. The van der Waals surface area contributed by atoms with Crippen molar-refractivity contribution in [1.82, 2.24) is 9.78 Å². The number of nitrogens with zero attached hydrogens (tertiary/aromatic N) is 2. The third kappa shape index (κ3) is 5.31. The van der Waals surface area contributed by atoms with Gasteiger partial charge in [-0.3, -0.25) is 0 Å². The number of hydrogen-bond donors (Lipinski definition) is 1. The fourth-order valence-electron chi connectivity index (χ4n) is 3.49. The molecule has 1 aromatic heterocycles. The predicted molar refractivity (Wildman–Crippen MR) is 143 cm³/mol. The molecule has 3 aromatic carbocycles. The molecule has 0 radical (unpaired) electrons. The molecule has 0 spiro atoms. The second-order valence-corrected chi connectivity index (χ2v) is 10.0.